The second-order valence-corrected chi connectivity index (χ2v) is 4.55. The van der Waals surface area contributed by atoms with Crippen LogP contribution in [-0.4, -0.2) is 17.4 Å². The second kappa shape index (κ2) is 7.38. The van der Waals surface area contributed by atoms with E-state index in [4.69, 9.17) is 0 Å². The Morgan fingerprint density at radius 3 is 2.75 bits per heavy atom. The Bertz CT molecular complexity index is 557. The molecule has 1 heterocycles. The number of hydrogen-bond donors (Lipinski definition) is 1. The predicted octanol–water partition coefficient (Wildman–Crippen LogP) is 2.51. The molecule has 1 N–H and O–H groups in total. The van der Waals surface area contributed by atoms with Crippen LogP contribution >= 0.6 is 0 Å². The minimum absolute atomic E-state index is 0.0582. The van der Waals surface area contributed by atoms with E-state index in [1.807, 2.05) is 12.1 Å². The first-order valence-electron chi connectivity index (χ1n) is 6.65. The van der Waals surface area contributed by atoms with Crippen molar-refractivity contribution in [2.75, 3.05) is 6.54 Å². The first-order valence-corrected chi connectivity index (χ1v) is 6.65. The van der Waals surface area contributed by atoms with Crippen molar-refractivity contribution in [3.05, 3.63) is 65.7 Å². The molecule has 104 valence electrons. The van der Waals surface area contributed by atoms with Gasteiger partial charge >= 0.3 is 0 Å². The predicted molar refractivity (Wildman–Crippen MR) is 75.7 cm³/mol. The number of pyridine rings is 1. The minimum atomic E-state index is -0.254. The first kappa shape index (κ1) is 14.2. The smallest absolute Gasteiger partial charge is 0.220 e. The fraction of sp³-hybridized carbons (Fsp3) is 0.250. The van der Waals surface area contributed by atoms with Crippen LogP contribution < -0.4 is 5.32 Å². The molecule has 20 heavy (non-hydrogen) atoms. The fourth-order valence-electron chi connectivity index (χ4n) is 1.93. The van der Waals surface area contributed by atoms with E-state index in [1.54, 1.807) is 30.6 Å². The van der Waals surface area contributed by atoms with Gasteiger partial charge in [0.05, 0.1) is 0 Å². The Balaban J connectivity index is 1.70. The van der Waals surface area contributed by atoms with E-state index in [9.17, 15) is 9.18 Å². The molecule has 1 aromatic carbocycles. The van der Waals surface area contributed by atoms with E-state index >= 15 is 0 Å². The molecule has 0 radical (unpaired) electrons. The molecule has 0 atom stereocenters. The summed E-state index contributed by atoms with van der Waals surface area (Å²) in [7, 11) is 0. The van der Waals surface area contributed by atoms with Gasteiger partial charge in [-0.15, -0.1) is 0 Å². The molecular weight excluding hydrogens is 255 g/mol. The lowest BCUT2D eigenvalue weighted by atomic mass is 10.1. The highest BCUT2D eigenvalue weighted by atomic mass is 19.1. The molecule has 0 saturated carbocycles. The van der Waals surface area contributed by atoms with Gasteiger partial charge in [0, 0.05) is 25.4 Å². The zero-order valence-corrected chi connectivity index (χ0v) is 11.2. The van der Waals surface area contributed by atoms with Crippen LogP contribution in [0.1, 0.15) is 17.5 Å². The van der Waals surface area contributed by atoms with Gasteiger partial charge in [0.15, 0.2) is 0 Å². The summed E-state index contributed by atoms with van der Waals surface area (Å²) in [4.78, 5) is 15.7. The van der Waals surface area contributed by atoms with Gasteiger partial charge in [-0.05, 0) is 36.1 Å². The number of nitrogens with zero attached hydrogens (tertiary/aromatic N) is 1. The van der Waals surface area contributed by atoms with Crippen LogP contribution in [0.15, 0.2) is 48.8 Å². The van der Waals surface area contributed by atoms with Crippen LogP contribution in [0.5, 0.6) is 0 Å². The monoisotopic (exact) mass is 272 g/mol. The average Bonchev–Trinajstić information content (AvgIpc) is 2.47. The zero-order valence-electron chi connectivity index (χ0n) is 11.2. The van der Waals surface area contributed by atoms with Crippen molar-refractivity contribution in [1.82, 2.24) is 10.3 Å². The van der Waals surface area contributed by atoms with E-state index < -0.39 is 0 Å². The number of carbonyl (C=O) groups is 1. The zero-order chi connectivity index (χ0) is 14.2. The van der Waals surface area contributed by atoms with Gasteiger partial charge in [0.1, 0.15) is 5.82 Å². The Kier molecular flexibility index (Phi) is 5.24. The molecule has 2 rings (SSSR count). The molecule has 0 aliphatic carbocycles. The van der Waals surface area contributed by atoms with Crippen molar-refractivity contribution >= 4 is 5.91 Å². The lowest BCUT2D eigenvalue weighted by Gasteiger charge is -2.06. The van der Waals surface area contributed by atoms with Gasteiger partial charge in [0.2, 0.25) is 5.91 Å². The summed E-state index contributed by atoms with van der Waals surface area (Å²) in [6.07, 6.45) is 4.97. The van der Waals surface area contributed by atoms with Gasteiger partial charge in [0.25, 0.3) is 0 Å². The molecule has 1 amide bonds. The number of halogens is 1. The van der Waals surface area contributed by atoms with Crippen LogP contribution in [-0.2, 0) is 17.6 Å². The minimum Gasteiger partial charge on any atom is -0.356 e. The van der Waals surface area contributed by atoms with Gasteiger partial charge in [-0.1, -0.05) is 24.3 Å². The number of amides is 1. The van der Waals surface area contributed by atoms with Crippen molar-refractivity contribution in [2.24, 2.45) is 0 Å². The Morgan fingerprint density at radius 2 is 2.00 bits per heavy atom. The average molecular weight is 272 g/mol. The molecule has 4 heteroatoms. The van der Waals surface area contributed by atoms with Crippen molar-refractivity contribution in [2.45, 2.75) is 19.3 Å². The number of aryl methyl sites for hydroxylation is 1. The first-order chi connectivity index (χ1) is 9.75. The molecule has 1 aromatic heterocycles. The van der Waals surface area contributed by atoms with Crippen molar-refractivity contribution < 1.29 is 9.18 Å². The lowest BCUT2D eigenvalue weighted by molar-refractivity contribution is -0.121. The van der Waals surface area contributed by atoms with E-state index in [1.165, 1.54) is 6.07 Å². The molecule has 0 aliphatic heterocycles. The van der Waals surface area contributed by atoms with Crippen molar-refractivity contribution in [1.29, 1.82) is 0 Å². The van der Waals surface area contributed by atoms with Gasteiger partial charge in [-0.25, -0.2) is 4.39 Å². The van der Waals surface area contributed by atoms with Crippen LogP contribution in [0.3, 0.4) is 0 Å². The summed E-state index contributed by atoms with van der Waals surface area (Å²) in [5.41, 5.74) is 1.66. The largest absolute Gasteiger partial charge is 0.356 e. The van der Waals surface area contributed by atoms with E-state index in [2.05, 4.69) is 10.3 Å². The molecule has 0 spiro atoms. The maximum Gasteiger partial charge on any atom is 0.220 e. The maximum absolute atomic E-state index is 13.4. The van der Waals surface area contributed by atoms with Gasteiger partial charge in [-0.3, -0.25) is 9.78 Å². The van der Waals surface area contributed by atoms with Crippen LogP contribution in [0, 0.1) is 5.82 Å². The number of benzene rings is 1. The maximum atomic E-state index is 13.4. The summed E-state index contributed by atoms with van der Waals surface area (Å²) in [5, 5.41) is 2.83. The molecular formula is C16H17FN2O. The number of aromatic nitrogens is 1. The third-order valence-corrected chi connectivity index (χ3v) is 3.04. The molecule has 0 saturated heterocycles. The van der Waals surface area contributed by atoms with E-state index in [0.29, 0.717) is 24.9 Å². The molecule has 3 nitrogen and oxygen atoms in total. The number of hydrogen-bond acceptors (Lipinski definition) is 2. The summed E-state index contributed by atoms with van der Waals surface area (Å²) < 4.78 is 13.4. The molecule has 0 aliphatic rings. The summed E-state index contributed by atoms with van der Waals surface area (Å²) >= 11 is 0. The number of carbonyl (C=O) groups excluding carboxylic acids is 1. The highest BCUT2D eigenvalue weighted by Crippen LogP contribution is 2.08. The van der Waals surface area contributed by atoms with Crippen LogP contribution in [0.4, 0.5) is 4.39 Å². The third kappa shape index (κ3) is 4.46. The number of rotatable bonds is 6. The van der Waals surface area contributed by atoms with E-state index in [0.717, 1.165) is 12.0 Å². The highest BCUT2D eigenvalue weighted by Gasteiger charge is 2.05. The van der Waals surface area contributed by atoms with Crippen LogP contribution in [0.25, 0.3) is 0 Å². The topological polar surface area (TPSA) is 42.0 Å². The molecule has 0 fully saturated rings. The Morgan fingerprint density at radius 1 is 1.15 bits per heavy atom. The summed E-state index contributed by atoms with van der Waals surface area (Å²) in [5.74, 6) is -0.312. The molecule has 0 bridgehead atoms. The van der Waals surface area contributed by atoms with Crippen LogP contribution in [0.2, 0.25) is 0 Å². The summed E-state index contributed by atoms with van der Waals surface area (Å²) in [6, 6.07) is 10.4. The quantitative estimate of drug-likeness (QED) is 0.878. The third-order valence-electron chi connectivity index (χ3n) is 3.04. The van der Waals surface area contributed by atoms with Crippen molar-refractivity contribution in [3.63, 3.8) is 0 Å². The molecule has 0 unspecified atom stereocenters. The Labute approximate surface area is 117 Å². The van der Waals surface area contributed by atoms with Gasteiger partial charge < -0.3 is 5.32 Å². The fourth-order valence-corrected chi connectivity index (χ4v) is 1.93. The standard InChI is InChI=1S/C16H17FN2O/c17-15-6-2-1-5-14(15)7-8-16(20)19-11-9-13-4-3-10-18-12-13/h1-6,10,12H,7-9,11H2,(H,19,20). The highest BCUT2D eigenvalue weighted by molar-refractivity contribution is 5.76. The molecule has 2 aromatic rings. The normalized spacial score (nSPS) is 10.2. The second-order valence-electron chi connectivity index (χ2n) is 4.55. The lowest BCUT2D eigenvalue weighted by Crippen LogP contribution is -2.26. The Hall–Kier alpha value is -2.23. The van der Waals surface area contributed by atoms with Gasteiger partial charge in [-0.2, -0.15) is 0 Å². The SMILES string of the molecule is O=C(CCc1ccccc1F)NCCc1cccnc1. The van der Waals surface area contributed by atoms with Crippen molar-refractivity contribution in [3.8, 4) is 0 Å². The summed E-state index contributed by atoms with van der Waals surface area (Å²) in [6.45, 7) is 0.571. The van der Waals surface area contributed by atoms with E-state index in [-0.39, 0.29) is 11.7 Å². The number of nitrogens with one attached hydrogen (secondary N) is 1.